The van der Waals surface area contributed by atoms with Gasteiger partial charge in [-0.25, -0.2) is 0 Å². The maximum absolute atomic E-state index is 11.1. The van der Waals surface area contributed by atoms with Crippen molar-refractivity contribution in [2.75, 3.05) is 19.3 Å². The van der Waals surface area contributed by atoms with E-state index in [4.69, 9.17) is 4.74 Å². The van der Waals surface area contributed by atoms with Crippen LogP contribution in [0.2, 0.25) is 0 Å². The summed E-state index contributed by atoms with van der Waals surface area (Å²) in [6.45, 7) is 6.49. The van der Waals surface area contributed by atoms with E-state index in [1.165, 1.54) is 0 Å². The first kappa shape index (κ1) is 14.6. The van der Waals surface area contributed by atoms with Crippen molar-refractivity contribution in [2.24, 2.45) is 0 Å². The predicted molar refractivity (Wildman–Crippen MR) is 62.2 cm³/mol. The van der Waals surface area contributed by atoms with Gasteiger partial charge in [0.1, 0.15) is 0 Å². The average Bonchev–Trinajstić information content (AvgIpc) is 2.10. The highest BCUT2D eigenvalue weighted by atomic mass is 32.2. The second kappa shape index (κ2) is 7.82. The minimum Gasteiger partial charge on any atom is -0.462 e. The number of carbonyl (C=O) groups excluding carboxylic acids is 1. The zero-order chi connectivity index (χ0) is 11.8. The number of nitrogens with one attached hydrogen (secondary N) is 1. The van der Waals surface area contributed by atoms with Gasteiger partial charge in [-0.2, -0.15) is 0 Å². The van der Waals surface area contributed by atoms with Gasteiger partial charge in [0.15, 0.2) is 0 Å². The Kier molecular flexibility index (Phi) is 7.60. The van der Waals surface area contributed by atoms with Crippen molar-refractivity contribution in [3.05, 3.63) is 0 Å². The quantitative estimate of drug-likeness (QED) is 0.521. The number of rotatable bonds is 7. The summed E-state index contributed by atoms with van der Waals surface area (Å²) in [5.41, 5.74) is 0. The van der Waals surface area contributed by atoms with E-state index in [0.29, 0.717) is 6.54 Å². The van der Waals surface area contributed by atoms with Gasteiger partial charge in [-0.15, -0.1) is 0 Å². The van der Waals surface area contributed by atoms with Gasteiger partial charge in [0, 0.05) is 22.3 Å². The zero-order valence-electron chi connectivity index (χ0n) is 9.91. The van der Waals surface area contributed by atoms with Crippen LogP contribution in [0.1, 0.15) is 27.2 Å². The van der Waals surface area contributed by atoms with Gasteiger partial charge >= 0.3 is 5.97 Å². The fourth-order valence-electron chi connectivity index (χ4n) is 0.966. The van der Waals surface area contributed by atoms with Crippen molar-refractivity contribution >= 4 is 16.8 Å². The van der Waals surface area contributed by atoms with E-state index < -0.39 is 10.8 Å². The molecule has 0 amide bonds. The van der Waals surface area contributed by atoms with Crippen LogP contribution < -0.4 is 5.32 Å². The highest BCUT2D eigenvalue weighted by Gasteiger charge is 2.07. The van der Waals surface area contributed by atoms with Crippen LogP contribution in [0.5, 0.6) is 0 Å². The van der Waals surface area contributed by atoms with Crippen LogP contribution in [-0.2, 0) is 20.3 Å². The Morgan fingerprint density at radius 2 is 2.00 bits per heavy atom. The van der Waals surface area contributed by atoms with Crippen LogP contribution >= 0.6 is 0 Å². The molecule has 2 unspecified atom stereocenters. The third-order valence-corrected chi connectivity index (χ3v) is 3.30. The maximum atomic E-state index is 11.1. The van der Waals surface area contributed by atoms with Crippen LogP contribution in [0.15, 0.2) is 0 Å². The van der Waals surface area contributed by atoms with E-state index in [1.54, 1.807) is 6.26 Å². The average molecular weight is 235 g/mol. The molecular weight excluding hydrogens is 214 g/mol. The van der Waals surface area contributed by atoms with Crippen LogP contribution in [-0.4, -0.2) is 40.9 Å². The van der Waals surface area contributed by atoms with E-state index in [2.05, 4.69) is 5.32 Å². The van der Waals surface area contributed by atoms with Crippen molar-refractivity contribution in [2.45, 2.75) is 38.5 Å². The number of esters is 1. The molecule has 0 bridgehead atoms. The van der Waals surface area contributed by atoms with Gasteiger partial charge in [-0.05, 0) is 26.8 Å². The molecule has 1 N–H and O–H groups in total. The molecule has 0 saturated carbocycles. The third kappa shape index (κ3) is 8.57. The normalized spacial score (nSPS) is 15.0. The number of carbonyl (C=O) groups is 1. The molecule has 0 aromatic heterocycles. The molecule has 15 heavy (non-hydrogen) atoms. The highest BCUT2D eigenvalue weighted by Crippen LogP contribution is 1.97. The molecule has 4 nitrogen and oxygen atoms in total. The van der Waals surface area contributed by atoms with Gasteiger partial charge in [0.25, 0.3) is 0 Å². The summed E-state index contributed by atoms with van der Waals surface area (Å²) in [6, 6.07) is 0. The second-order valence-corrected chi connectivity index (χ2v) is 5.62. The summed E-state index contributed by atoms with van der Waals surface area (Å²) < 4.78 is 16.0. The lowest BCUT2D eigenvalue weighted by Crippen LogP contribution is -2.29. The summed E-state index contributed by atoms with van der Waals surface area (Å²) in [6.07, 6.45) is 2.43. The summed E-state index contributed by atoms with van der Waals surface area (Å²) >= 11 is 0. The number of hydrogen-bond donors (Lipinski definition) is 1. The number of hydrogen-bond acceptors (Lipinski definition) is 4. The monoisotopic (exact) mass is 235 g/mol. The van der Waals surface area contributed by atoms with Crippen molar-refractivity contribution in [3.63, 3.8) is 0 Å². The van der Waals surface area contributed by atoms with Crippen molar-refractivity contribution in [1.82, 2.24) is 5.32 Å². The first-order valence-electron chi connectivity index (χ1n) is 5.16. The fourth-order valence-corrected chi connectivity index (χ4v) is 1.42. The Morgan fingerprint density at radius 3 is 2.47 bits per heavy atom. The molecule has 0 spiro atoms. The number of ether oxygens (including phenoxy) is 1. The van der Waals surface area contributed by atoms with Crippen molar-refractivity contribution in [1.29, 1.82) is 0 Å². The molecule has 2 atom stereocenters. The molecule has 5 heteroatoms. The molecule has 0 radical (unpaired) electrons. The van der Waals surface area contributed by atoms with Crippen LogP contribution in [0.4, 0.5) is 0 Å². The molecule has 90 valence electrons. The van der Waals surface area contributed by atoms with Crippen LogP contribution in [0.3, 0.4) is 0 Å². The molecule has 0 aliphatic carbocycles. The van der Waals surface area contributed by atoms with E-state index in [-0.39, 0.29) is 23.9 Å². The fraction of sp³-hybridized carbons (Fsp3) is 0.900. The molecule has 0 aromatic rings. The SMILES string of the molecule is CC(C)OC(=O)CNCCC(C)S(C)=O. The Morgan fingerprint density at radius 1 is 1.40 bits per heavy atom. The second-order valence-electron chi connectivity index (χ2n) is 3.81. The smallest absolute Gasteiger partial charge is 0.320 e. The lowest BCUT2D eigenvalue weighted by Gasteiger charge is -2.10. The first-order chi connectivity index (χ1) is 6.93. The molecule has 0 fully saturated rings. The molecule has 0 aromatic carbocycles. The Balaban J connectivity index is 3.46. The topological polar surface area (TPSA) is 55.4 Å². The Hall–Kier alpha value is -0.420. The Bertz CT molecular complexity index is 219. The molecule has 0 rings (SSSR count). The van der Waals surface area contributed by atoms with Crippen molar-refractivity contribution < 1.29 is 13.7 Å². The van der Waals surface area contributed by atoms with Crippen LogP contribution in [0.25, 0.3) is 0 Å². The third-order valence-electron chi connectivity index (χ3n) is 1.93. The molecule has 0 aliphatic heterocycles. The van der Waals surface area contributed by atoms with E-state index >= 15 is 0 Å². The highest BCUT2D eigenvalue weighted by molar-refractivity contribution is 7.84. The lowest BCUT2D eigenvalue weighted by molar-refractivity contribution is -0.146. The summed E-state index contributed by atoms with van der Waals surface area (Å²) in [4.78, 5) is 11.1. The van der Waals surface area contributed by atoms with Crippen LogP contribution in [0, 0.1) is 0 Å². The summed E-state index contributed by atoms with van der Waals surface area (Å²) in [7, 11) is -0.790. The van der Waals surface area contributed by atoms with E-state index in [9.17, 15) is 9.00 Å². The van der Waals surface area contributed by atoms with Crippen molar-refractivity contribution in [3.8, 4) is 0 Å². The predicted octanol–water partition coefficient (Wildman–Crippen LogP) is 0.685. The lowest BCUT2D eigenvalue weighted by atomic mass is 10.3. The summed E-state index contributed by atoms with van der Waals surface area (Å²) in [5, 5.41) is 3.13. The molecule has 0 aliphatic rings. The minimum absolute atomic E-state index is 0.0682. The zero-order valence-corrected chi connectivity index (χ0v) is 10.7. The summed E-state index contributed by atoms with van der Waals surface area (Å²) in [5.74, 6) is -0.240. The van der Waals surface area contributed by atoms with E-state index in [1.807, 2.05) is 20.8 Å². The van der Waals surface area contributed by atoms with E-state index in [0.717, 1.165) is 6.42 Å². The van der Waals surface area contributed by atoms with Gasteiger partial charge in [0.05, 0.1) is 12.6 Å². The first-order valence-corrected chi connectivity index (χ1v) is 6.78. The molecule has 0 saturated heterocycles. The van der Waals surface area contributed by atoms with Gasteiger partial charge in [-0.1, -0.05) is 6.92 Å². The van der Waals surface area contributed by atoms with Gasteiger partial charge < -0.3 is 10.1 Å². The Labute approximate surface area is 94.2 Å². The van der Waals surface area contributed by atoms with Gasteiger partial charge in [0.2, 0.25) is 0 Å². The molecule has 0 heterocycles. The largest absolute Gasteiger partial charge is 0.462 e. The maximum Gasteiger partial charge on any atom is 0.320 e. The standard InChI is InChI=1S/C10H21NO3S/c1-8(2)14-10(12)7-11-6-5-9(3)15(4)13/h8-9,11H,5-7H2,1-4H3. The van der Waals surface area contributed by atoms with Gasteiger partial charge in [-0.3, -0.25) is 9.00 Å². The minimum atomic E-state index is -0.790. The molecular formula is C10H21NO3S.